The Kier molecular flexibility index (Phi) is 5.10. The molecule has 0 aliphatic heterocycles. The lowest BCUT2D eigenvalue weighted by atomic mass is 10.2. The fourth-order valence-corrected chi connectivity index (χ4v) is 2.99. The fraction of sp³-hybridized carbons (Fsp3) is 0.182. The van der Waals surface area contributed by atoms with Crippen molar-refractivity contribution in [1.29, 1.82) is 0 Å². The van der Waals surface area contributed by atoms with Crippen LogP contribution in [-0.4, -0.2) is 11.8 Å². The highest BCUT2D eigenvalue weighted by Gasteiger charge is 2.48. The number of nitrogens with one attached hydrogen (secondary N) is 2. The first-order valence-corrected chi connectivity index (χ1v) is 9.13. The Labute approximate surface area is 162 Å². The zero-order chi connectivity index (χ0) is 19.3. The van der Waals surface area contributed by atoms with Gasteiger partial charge < -0.3 is 19.8 Å². The Morgan fingerprint density at radius 1 is 0.929 bits per heavy atom. The molecule has 2 atom stereocenters. The Morgan fingerprint density at radius 3 is 2.46 bits per heavy atom. The van der Waals surface area contributed by atoms with Crippen LogP contribution in [0.25, 0.3) is 0 Å². The third-order valence-corrected chi connectivity index (χ3v) is 4.60. The third kappa shape index (κ3) is 4.23. The molecule has 142 valence electrons. The summed E-state index contributed by atoms with van der Waals surface area (Å²) in [6.07, 6.45) is 2.10. The van der Waals surface area contributed by atoms with Gasteiger partial charge in [0.05, 0.1) is 30.3 Å². The van der Waals surface area contributed by atoms with Crippen LogP contribution >= 0.6 is 0 Å². The van der Waals surface area contributed by atoms with Crippen LogP contribution in [0.1, 0.15) is 12.2 Å². The van der Waals surface area contributed by atoms with Crippen LogP contribution in [-0.2, 0) is 16.1 Å². The quantitative estimate of drug-likeness (QED) is 0.654. The molecule has 1 aliphatic carbocycles. The summed E-state index contributed by atoms with van der Waals surface area (Å²) < 4.78 is 11.1. The van der Waals surface area contributed by atoms with E-state index < -0.39 is 0 Å². The third-order valence-electron chi connectivity index (χ3n) is 4.60. The van der Waals surface area contributed by atoms with Gasteiger partial charge in [0.1, 0.15) is 11.5 Å². The van der Waals surface area contributed by atoms with Crippen molar-refractivity contribution in [3.05, 3.63) is 78.8 Å². The number of furan rings is 1. The second kappa shape index (κ2) is 8.00. The maximum atomic E-state index is 12.6. The highest BCUT2D eigenvalue weighted by molar-refractivity contribution is 6.00. The predicted molar refractivity (Wildman–Crippen MR) is 104 cm³/mol. The number of ether oxygens (including phenoxy) is 1. The van der Waals surface area contributed by atoms with Crippen LogP contribution < -0.4 is 15.4 Å². The van der Waals surface area contributed by atoms with Gasteiger partial charge in [0.15, 0.2) is 5.75 Å². The van der Waals surface area contributed by atoms with Gasteiger partial charge in [0.2, 0.25) is 11.8 Å². The summed E-state index contributed by atoms with van der Waals surface area (Å²) in [5.41, 5.74) is 0.581. The molecular formula is C22H20N2O4. The number of benzene rings is 2. The second-order valence-corrected chi connectivity index (χ2v) is 6.65. The molecule has 1 saturated carbocycles. The van der Waals surface area contributed by atoms with E-state index in [1.807, 2.05) is 42.5 Å². The maximum absolute atomic E-state index is 12.6. The minimum atomic E-state index is -0.332. The number of amides is 2. The van der Waals surface area contributed by atoms with E-state index in [1.165, 1.54) is 0 Å². The van der Waals surface area contributed by atoms with Gasteiger partial charge in [-0.2, -0.15) is 0 Å². The lowest BCUT2D eigenvalue weighted by molar-refractivity contribution is -0.125. The number of carbonyl (C=O) groups excluding carboxylic acids is 2. The molecule has 0 spiro atoms. The maximum Gasteiger partial charge on any atom is 0.228 e. The van der Waals surface area contributed by atoms with Crippen molar-refractivity contribution in [2.45, 2.75) is 13.0 Å². The lowest BCUT2D eigenvalue weighted by Crippen LogP contribution is -2.26. The molecule has 4 rings (SSSR count). The summed E-state index contributed by atoms with van der Waals surface area (Å²) in [6, 6.07) is 20.2. The predicted octanol–water partition coefficient (Wildman–Crippen LogP) is 3.96. The number of para-hydroxylation sites is 3. The van der Waals surface area contributed by atoms with Crippen LogP contribution in [0.4, 0.5) is 5.69 Å². The second-order valence-electron chi connectivity index (χ2n) is 6.65. The standard InChI is InChI=1S/C22H20N2O4/c25-21(23-14-16-9-6-12-27-16)17-13-18(17)22(26)24-19-10-4-5-11-20(19)28-15-7-2-1-3-8-15/h1-12,17-18H,13-14H2,(H,23,25)(H,24,26). The van der Waals surface area contributed by atoms with Crippen molar-refractivity contribution in [1.82, 2.24) is 5.32 Å². The van der Waals surface area contributed by atoms with Crippen LogP contribution in [0.2, 0.25) is 0 Å². The van der Waals surface area contributed by atoms with Gasteiger partial charge in [0.25, 0.3) is 0 Å². The number of carbonyl (C=O) groups is 2. The van der Waals surface area contributed by atoms with E-state index in [4.69, 9.17) is 9.15 Å². The largest absolute Gasteiger partial charge is 0.467 e. The minimum Gasteiger partial charge on any atom is -0.467 e. The molecule has 6 nitrogen and oxygen atoms in total. The molecule has 0 bridgehead atoms. The molecule has 1 aliphatic rings. The summed E-state index contributed by atoms with van der Waals surface area (Å²) in [7, 11) is 0. The molecule has 28 heavy (non-hydrogen) atoms. The van der Waals surface area contributed by atoms with Crippen molar-refractivity contribution >= 4 is 17.5 Å². The molecule has 0 radical (unpaired) electrons. The van der Waals surface area contributed by atoms with Crippen molar-refractivity contribution in [2.24, 2.45) is 11.8 Å². The van der Waals surface area contributed by atoms with Gasteiger partial charge in [-0.25, -0.2) is 0 Å². The van der Waals surface area contributed by atoms with Gasteiger partial charge in [-0.15, -0.1) is 0 Å². The first kappa shape index (κ1) is 17.9. The number of hydrogen-bond donors (Lipinski definition) is 2. The van der Waals surface area contributed by atoms with E-state index in [0.717, 1.165) is 0 Å². The smallest absolute Gasteiger partial charge is 0.228 e. The van der Waals surface area contributed by atoms with Gasteiger partial charge in [-0.3, -0.25) is 9.59 Å². The van der Waals surface area contributed by atoms with Crippen LogP contribution in [0.5, 0.6) is 11.5 Å². The zero-order valence-electron chi connectivity index (χ0n) is 15.1. The van der Waals surface area contributed by atoms with Crippen LogP contribution in [0.3, 0.4) is 0 Å². The summed E-state index contributed by atoms with van der Waals surface area (Å²) in [5.74, 6) is 0.973. The topological polar surface area (TPSA) is 80.6 Å². The van der Waals surface area contributed by atoms with E-state index in [9.17, 15) is 9.59 Å². The minimum absolute atomic E-state index is 0.134. The van der Waals surface area contributed by atoms with Crippen molar-refractivity contribution in [3.63, 3.8) is 0 Å². The Bertz CT molecular complexity index is 954. The molecule has 2 amide bonds. The fourth-order valence-electron chi connectivity index (χ4n) is 2.99. The summed E-state index contributed by atoms with van der Waals surface area (Å²) >= 11 is 0. The number of hydrogen-bond acceptors (Lipinski definition) is 4. The summed E-state index contributed by atoms with van der Waals surface area (Å²) in [6.45, 7) is 0.324. The molecule has 2 aromatic carbocycles. The average Bonchev–Trinajstić information content (AvgIpc) is 3.36. The van der Waals surface area contributed by atoms with Gasteiger partial charge in [-0.1, -0.05) is 30.3 Å². The van der Waals surface area contributed by atoms with E-state index in [-0.39, 0.29) is 23.7 Å². The molecule has 1 heterocycles. The molecule has 0 saturated heterocycles. The Morgan fingerprint density at radius 2 is 1.68 bits per heavy atom. The van der Waals surface area contributed by atoms with E-state index in [1.54, 1.807) is 30.5 Å². The monoisotopic (exact) mass is 376 g/mol. The van der Waals surface area contributed by atoms with Crippen molar-refractivity contribution in [3.8, 4) is 11.5 Å². The summed E-state index contributed by atoms with van der Waals surface area (Å²) in [5, 5.41) is 5.69. The molecule has 1 aromatic heterocycles. The molecule has 3 aromatic rings. The molecule has 2 unspecified atom stereocenters. The molecule has 2 N–H and O–H groups in total. The van der Waals surface area contributed by atoms with Crippen molar-refractivity contribution in [2.75, 3.05) is 5.32 Å². The molecule has 1 fully saturated rings. The molecule has 6 heteroatoms. The Hall–Kier alpha value is -3.54. The van der Waals surface area contributed by atoms with E-state index >= 15 is 0 Å². The van der Waals surface area contributed by atoms with Gasteiger partial charge in [-0.05, 0) is 42.8 Å². The lowest BCUT2D eigenvalue weighted by Gasteiger charge is -2.12. The number of anilines is 1. The highest BCUT2D eigenvalue weighted by atomic mass is 16.5. The van der Waals surface area contributed by atoms with E-state index in [0.29, 0.717) is 35.9 Å². The zero-order valence-corrected chi connectivity index (χ0v) is 15.1. The summed E-state index contributed by atoms with van der Waals surface area (Å²) in [4.78, 5) is 24.8. The Balaban J connectivity index is 1.34. The van der Waals surface area contributed by atoms with Gasteiger partial charge in [0, 0.05) is 0 Å². The number of rotatable bonds is 7. The van der Waals surface area contributed by atoms with E-state index in [2.05, 4.69) is 10.6 Å². The highest BCUT2D eigenvalue weighted by Crippen LogP contribution is 2.40. The average molecular weight is 376 g/mol. The first-order valence-electron chi connectivity index (χ1n) is 9.13. The SMILES string of the molecule is O=C(NCc1ccco1)C1CC1C(=O)Nc1ccccc1Oc1ccccc1. The molecular weight excluding hydrogens is 356 g/mol. The van der Waals surface area contributed by atoms with Crippen LogP contribution in [0, 0.1) is 11.8 Å². The van der Waals surface area contributed by atoms with Crippen LogP contribution in [0.15, 0.2) is 77.4 Å². The first-order chi connectivity index (χ1) is 13.7. The van der Waals surface area contributed by atoms with Gasteiger partial charge >= 0.3 is 0 Å². The normalized spacial score (nSPS) is 17.6. The van der Waals surface area contributed by atoms with Crippen molar-refractivity contribution < 1.29 is 18.7 Å².